The molecule has 0 fully saturated rings. The van der Waals surface area contributed by atoms with Crippen molar-refractivity contribution in [2.45, 2.75) is 45.7 Å². The smallest absolute Gasteiger partial charge is 0.326 e. The van der Waals surface area contributed by atoms with Crippen molar-refractivity contribution in [1.82, 2.24) is 10.6 Å². The van der Waals surface area contributed by atoms with Crippen LogP contribution >= 0.6 is 0 Å². The van der Waals surface area contributed by atoms with E-state index in [0.717, 1.165) is 0 Å². The van der Waals surface area contributed by atoms with Crippen molar-refractivity contribution in [3.8, 4) is 0 Å². The second-order valence-corrected chi connectivity index (χ2v) is 6.10. The number of benzene rings is 1. The Labute approximate surface area is 150 Å². The molecule has 3 N–H and O–H groups in total. The molecular formula is C17H23N3O6. The number of carboxylic acid groups (broad SMARTS) is 1. The third-order valence-electron chi connectivity index (χ3n) is 4.03. The van der Waals surface area contributed by atoms with Gasteiger partial charge in [-0.25, -0.2) is 4.79 Å². The van der Waals surface area contributed by atoms with Crippen LogP contribution in [0.1, 0.15) is 32.8 Å². The first-order chi connectivity index (χ1) is 12.1. The Bertz CT molecular complexity index is 691. The molecular weight excluding hydrogens is 342 g/mol. The summed E-state index contributed by atoms with van der Waals surface area (Å²) < 4.78 is 0. The van der Waals surface area contributed by atoms with E-state index in [1.165, 1.54) is 25.1 Å². The van der Waals surface area contributed by atoms with E-state index in [9.17, 15) is 29.6 Å². The molecule has 9 nitrogen and oxygen atoms in total. The normalized spacial score (nSPS) is 14.0. The van der Waals surface area contributed by atoms with E-state index in [2.05, 4.69) is 10.6 Å². The summed E-state index contributed by atoms with van der Waals surface area (Å²) in [6, 6.07) is 3.67. The Morgan fingerprint density at radius 2 is 1.88 bits per heavy atom. The summed E-state index contributed by atoms with van der Waals surface area (Å²) in [7, 11) is 0. The number of nitro groups is 1. The molecule has 3 atom stereocenters. The van der Waals surface area contributed by atoms with Crippen LogP contribution in [0.3, 0.4) is 0 Å². The van der Waals surface area contributed by atoms with Crippen molar-refractivity contribution in [3.63, 3.8) is 0 Å². The van der Waals surface area contributed by atoms with Crippen molar-refractivity contribution >= 4 is 23.5 Å². The first kappa shape index (κ1) is 21.1. The molecule has 2 amide bonds. The lowest BCUT2D eigenvalue weighted by Crippen LogP contribution is -2.52. The molecule has 142 valence electrons. The van der Waals surface area contributed by atoms with Crippen molar-refractivity contribution in [2.75, 3.05) is 0 Å². The minimum Gasteiger partial charge on any atom is -0.480 e. The lowest BCUT2D eigenvalue weighted by atomic mass is 9.99. The van der Waals surface area contributed by atoms with E-state index < -0.39 is 34.8 Å². The van der Waals surface area contributed by atoms with E-state index >= 15 is 0 Å². The lowest BCUT2D eigenvalue weighted by molar-refractivity contribution is -0.384. The first-order valence-corrected chi connectivity index (χ1v) is 8.21. The average molecular weight is 365 g/mol. The molecule has 9 heteroatoms. The molecule has 0 aromatic heterocycles. The van der Waals surface area contributed by atoms with Crippen molar-refractivity contribution in [3.05, 3.63) is 39.9 Å². The summed E-state index contributed by atoms with van der Waals surface area (Å²) in [4.78, 5) is 45.6. The van der Waals surface area contributed by atoms with E-state index in [1.807, 2.05) is 6.92 Å². The molecule has 26 heavy (non-hydrogen) atoms. The zero-order chi connectivity index (χ0) is 19.9. The standard InChI is InChI=1S/C17H23N3O6/c1-4-10(2)15(17(23)24)19-16(22)11(3)18-14(21)9-12-6-5-7-13(8-12)20(25)26/h5-8,10-11,15H,4,9H2,1-3H3,(H,18,21)(H,19,22)(H,23,24)/t10-,11-,15-/m0/s1. The van der Waals surface area contributed by atoms with Crippen LogP contribution in [0.2, 0.25) is 0 Å². The van der Waals surface area contributed by atoms with Gasteiger partial charge in [-0.2, -0.15) is 0 Å². The largest absolute Gasteiger partial charge is 0.480 e. The van der Waals surface area contributed by atoms with Crippen LogP contribution in [0.5, 0.6) is 0 Å². The molecule has 1 rings (SSSR count). The predicted octanol–water partition coefficient (Wildman–Crippen LogP) is 1.26. The number of hydrogen-bond donors (Lipinski definition) is 3. The van der Waals surface area contributed by atoms with Gasteiger partial charge in [0.05, 0.1) is 11.3 Å². The van der Waals surface area contributed by atoms with Gasteiger partial charge in [0.25, 0.3) is 5.69 Å². The average Bonchev–Trinajstić information content (AvgIpc) is 2.58. The van der Waals surface area contributed by atoms with Crippen LogP contribution in [0, 0.1) is 16.0 Å². The maximum atomic E-state index is 12.1. The molecule has 0 saturated carbocycles. The number of nitrogens with one attached hydrogen (secondary N) is 2. The number of nitro benzene ring substituents is 1. The van der Waals surface area contributed by atoms with Gasteiger partial charge < -0.3 is 15.7 Å². The molecule has 0 aliphatic carbocycles. The van der Waals surface area contributed by atoms with Crippen molar-refractivity contribution in [2.24, 2.45) is 5.92 Å². The summed E-state index contributed by atoms with van der Waals surface area (Å²) in [5.41, 5.74) is 0.311. The predicted molar refractivity (Wildman–Crippen MR) is 93.4 cm³/mol. The van der Waals surface area contributed by atoms with Crippen LogP contribution in [0.25, 0.3) is 0 Å². The summed E-state index contributed by atoms with van der Waals surface area (Å²) in [6.07, 6.45) is 0.442. The van der Waals surface area contributed by atoms with Gasteiger partial charge in [-0.1, -0.05) is 32.4 Å². The monoisotopic (exact) mass is 365 g/mol. The molecule has 0 aliphatic rings. The Hall–Kier alpha value is -2.97. The van der Waals surface area contributed by atoms with Crippen LogP contribution in [0.4, 0.5) is 5.69 Å². The van der Waals surface area contributed by atoms with Gasteiger partial charge in [-0.3, -0.25) is 19.7 Å². The molecule has 0 aliphatic heterocycles. The second kappa shape index (κ2) is 9.50. The van der Waals surface area contributed by atoms with E-state index in [1.54, 1.807) is 13.0 Å². The fourth-order valence-electron chi connectivity index (χ4n) is 2.28. The number of hydrogen-bond acceptors (Lipinski definition) is 5. The Morgan fingerprint density at radius 1 is 1.23 bits per heavy atom. The molecule has 0 saturated heterocycles. The summed E-state index contributed by atoms with van der Waals surface area (Å²) in [5, 5.41) is 24.8. The van der Waals surface area contributed by atoms with Crippen molar-refractivity contribution in [1.29, 1.82) is 0 Å². The SMILES string of the molecule is CC[C@H](C)[C@H](NC(=O)[C@H](C)NC(=O)Cc1cccc([N+](=O)[O-])c1)C(=O)O. The van der Waals surface area contributed by atoms with Gasteiger partial charge >= 0.3 is 5.97 Å². The Morgan fingerprint density at radius 3 is 2.42 bits per heavy atom. The van der Waals surface area contributed by atoms with E-state index in [0.29, 0.717) is 12.0 Å². The fourth-order valence-corrected chi connectivity index (χ4v) is 2.28. The van der Waals surface area contributed by atoms with Gasteiger partial charge in [0, 0.05) is 12.1 Å². The molecule has 1 aromatic rings. The molecule has 1 aromatic carbocycles. The van der Waals surface area contributed by atoms with Gasteiger partial charge in [0.1, 0.15) is 12.1 Å². The number of amides is 2. The highest BCUT2D eigenvalue weighted by Gasteiger charge is 2.27. The first-order valence-electron chi connectivity index (χ1n) is 8.21. The number of carboxylic acids is 1. The highest BCUT2D eigenvalue weighted by atomic mass is 16.6. The zero-order valence-electron chi connectivity index (χ0n) is 14.9. The number of nitrogens with zero attached hydrogens (tertiary/aromatic N) is 1. The highest BCUT2D eigenvalue weighted by Crippen LogP contribution is 2.13. The minimum absolute atomic E-state index is 0.126. The summed E-state index contributed by atoms with van der Waals surface area (Å²) in [5.74, 6) is -2.50. The van der Waals surface area contributed by atoms with Gasteiger partial charge in [0.2, 0.25) is 11.8 Å². The molecule has 0 radical (unpaired) electrons. The maximum Gasteiger partial charge on any atom is 0.326 e. The van der Waals surface area contributed by atoms with E-state index in [-0.39, 0.29) is 18.0 Å². The lowest BCUT2D eigenvalue weighted by Gasteiger charge is -2.22. The van der Waals surface area contributed by atoms with Gasteiger partial charge in [-0.15, -0.1) is 0 Å². The van der Waals surface area contributed by atoms with E-state index in [4.69, 9.17) is 0 Å². The zero-order valence-corrected chi connectivity index (χ0v) is 14.9. The number of carbonyl (C=O) groups is 3. The molecule has 0 unspecified atom stereocenters. The van der Waals surface area contributed by atoms with Crippen LogP contribution < -0.4 is 10.6 Å². The Kier molecular flexibility index (Phi) is 7.70. The van der Waals surface area contributed by atoms with Gasteiger partial charge in [0.15, 0.2) is 0 Å². The number of non-ortho nitro benzene ring substituents is 1. The van der Waals surface area contributed by atoms with Gasteiger partial charge in [-0.05, 0) is 18.4 Å². The maximum absolute atomic E-state index is 12.1. The molecule has 0 spiro atoms. The third kappa shape index (κ3) is 6.15. The highest BCUT2D eigenvalue weighted by molar-refractivity contribution is 5.90. The van der Waals surface area contributed by atoms with Crippen LogP contribution in [-0.2, 0) is 20.8 Å². The number of carbonyl (C=O) groups excluding carboxylic acids is 2. The third-order valence-corrected chi connectivity index (χ3v) is 4.03. The molecule has 0 bridgehead atoms. The Balaban J connectivity index is 2.65. The minimum atomic E-state index is -1.14. The topological polar surface area (TPSA) is 139 Å². The van der Waals surface area contributed by atoms with Crippen LogP contribution in [0.15, 0.2) is 24.3 Å². The summed E-state index contributed by atoms with van der Waals surface area (Å²) in [6.45, 7) is 4.97. The number of aliphatic carboxylic acids is 1. The second-order valence-electron chi connectivity index (χ2n) is 6.10. The van der Waals surface area contributed by atoms with Crippen LogP contribution in [-0.4, -0.2) is 39.9 Å². The summed E-state index contributed by atoms with van der Waals surface area (Å²) >= 11 is 0. The molecule has 0 heterocycles. The quantitative estimate of drug-likeness (QED) is 0.445. The number of rotatable bonds is 9. The fraction of sp³-hybridized carbons (Fsp3) is 0.471. The van der Waals surface area contributed by atoms with Crippen molar-refractivity contribution < 1.29 is 24.4 Å².